The van der Waals surface area contributed by atoms with E-state index in [0.29, 0.717) is 0 Å². The quantitative estimate of drug-likeness (QED) is 0.716. The van der Waals surface area contributed by atoms with Gasteiger partial charge in [0, 0.05) is 6.04 Å². The van der Waals surface area contributed by atoms with Crippen LogP contribution in [0.3, 0.4) is 0 Å². The third kappa shape index (κ3) is 3.44. The van der Waals surface area contributed by atoms with E-state index in [9.17, 15) is 9.59 Å². The molecule has 1 saturated carbocycles. The van der Waals surface area contributed by atoms with E-state index in [-0.39, 0.29) is 11.9 Å². The van der Waals surface area contributed by atoms with Gasteiger partial charge in [0.05, 0.1) is 0 Å². The number of aromatic nitrogens is 3. The molecule has 94 valence electrons. The Morgan fingerprint density at radius 3 is 2.35 bits per heavy atom. The highest BCUT2D eigenvalue weighted by molar-refractivity contribution is 5.30. The summed E-state index contributed by atoms with van der Waals surface area (Å²) in [6, 6.07) is 0.287. The number of anilines is 1. The average Bonchev–Trinajstić information content (AvgIpc) is 2.25. The zero-order chi connectivity index (χ0) is 12.1. The molecule has 0 unspecified atom stereocenters. The largest absolute Gasteiger partial charge is 0.361 e. The predicted molar refractivity (Wildman–Crippen MR) is 65.2 cm³/mol. The fraction of sp³-hybridized carbons (Fsp3) is 0.727. The number of rotatable bonds is 2. The molecule has 1 aliphatic carbocycles. The molecule has 3 N–H and O–H groups in total. The minimum Gasteiger partial charge on any atom is -0.361 e. The zero-order valence-electron chi connectivity index (χ0n) is 9.79. The number of nitrogens with zero attached hydrogens (tertiary/aromatic N) is 1. The molecule has 1 aliphatic rings. The lowest BCUT2D eigenvalue weighted by Crippen LogP contribution is -2.31. The summed E-state index contributed by atoms with van der Waals surface area (Å²) in [4.78, 5) is 24.5. The van der Waals surface area contributed by atoms with Gasteiger partial charge in [0.15, 0.2) is 0 Å². The highest BCUT2D eigenvalue weighted by atomic mass is 16.2. The second-order valence-corrected chi connectivity index (χ2v) is 4.54. The Hall–Kier alpha value is -1.59. The van der Waals surface area contributed by atoms with Crippen LogP contribution in [0.2, 0.25) is 0 Å². The van der Waals surface area contributed by atoms with Crippen molar-refractivity contribution in [2.45, 2.75) is 51.0 Å². The summed E-state index contributed by atoms with van der Waals surface area (Å²) in [7, 11) is 0. The fourth-order valence-electron chi connectivity index (χ4n) is 2.24. The van der Waals surface area contributed by atoms with E-state index < -0.39 is 11.2 Å². The normalized spacial score (nSPS) is 18.4. The van der Waals surface area contributed by atoms with Crippen LogP contribution >= 0.6 is 0 Å². The van der Waals surface area contributed by atoms with Crippen LogP contribution in [0.4, 0.5) is 5.82 Å². The van der Waals surface area contributed by atoms with Gasteiger partial charge >= 0.3 is 5.69 Å². The first-order valence-electron chi connectivity index (χ1n) is 6.21. The van der Waals surface area contributed by atoms with Crippen molar-refractivity contribution >= 4 is 5.82 Å². The zero-order valence-corrected chi connectivity index (χ0v) is 9.79. The third-order valence-electron chi connectivity index (χ3n) is 3.16. The topological polar surface area (TPSA) is 90.6 Å². The molecule has 0 radical (unpaired) electrons. The van der Waals surface area contributed by atoms with Crippen molar-refractivity contribution < 1.29 is 0 Å². The summed E-state index contributed by atoms with van der Waals surface area (Å²) in [5.74, 6) is 0.218. The van der Waals surface area contributed by atoms with Gasteiger partial charge < -0.3 is 5.32 Å². The first kappa shape index (κ1) is 11.9. The van der Waals surface area contributed by atoms with Crippen LogP contribution in [0.5, 0.6) is 0 Å². The highest BCUT2D eigenvalue weighted by Gasteiger charge is 2.13. The Bertz CT molecular complexity index is 457. The van der Waals surface area contributed by atoms with E-state index in [4.69, 9.17) is 0 Å². The summed E-state index contributed by atoms with van der Waals surface area (Å²) in [6.07, 6.45) is 8.30. The molecule has 1 aromatic heterocycles. The van der Waals surface area contributed by atoms with Gasteiger partial charge in [0.2, 0.25) is 5.82 Å². The lowest BCUT2D eigenvalue weighted by atomic mass is 9.97. The molecule has 0 atom stereocenters. The SMILES string of the molecule is O=c1[nH]nc(NC2CCCCCCC2)c(=O)[nH]1. The number of hydrogen-bond acceptors (Lipinski definition) is 4. The van der Waals surface area contributed by atoms with Crippen molar-refractivity contribution in [2.24, 2.45) is 0 Å². The molecule has 17 heavy (non-hydrogen) atoms. The molecule has 1 aromatic rings. The smallest absolute Gasteiger partial charge is 0.342 e. The van der Waals surface area contributed by atoms with E-state index in [2.05, 4.69) is 20.5 Å². The highest BCUT2D eigenvalue weighted by Crippen LogP contribution is 2.18. The van der Waals surface area contributed by atoms with E-state index in [1.165, 1.54) is 32.1 Å². The Morgan fingerprint density at radius 2 is 1.71 bits per heavy atom. The van der Waals surface area contributed by atoms with E-state index >= 15 is 0 Å². The number of H-pyrrole nitrogens is 2. The van der Waals surface area contributed by atoms with Gasteiger partial charge in [0.1, 0.15) is 0 Å². The van der Waals surface area contributed by atoms with Crippen LogP contribution in [0, 0.1) is 0 Å². The average molecular weight is 238 g/mol. The maximum absolute atomic E-state index is 11.5. The lowest BCUT2D eigenvalue weighted by molar-refractivity contribution is 0.470. The van der Waals surface area contributed by atoms with Gasteiger partial charge in [-0.25, -0.2) is 9.89 Å². The molecular formula is C11H18N4O2. The fourth-order valence-corrected chi connectivity index (χ4v) is 2.24. The van der Waals surface area contributed by atoms with Crippen molar-refractivity contribution in [1.29, 1.82) is 0 Å². The molecule has 6 nitrogen and oxygen atoms in total. The maximum atomic E-state index is 11.5. The Kier molecular flexibility index (Phi) is 3.95. The van der Waals surface area contributed by atoms with Crippen molar-refractivity contribution in [3.63, 3.8) is 0 Å². The first-order valence-corrected chi connectivity index (χ1v) is 6.21. The summed E-state index contributed by atoms with van der Waals surface area (Å²) in [6.45, 7) is 0. The number of aromatic amines is 2. The van der Waals surface area contributed by atoms with Crippen LogP contribution in [0.1, 0.15) is 44.9 Å². The predicted octanol–water partition coefficient (Wildman–Crippen LogP) is 0.983. The minimum absolute atomic E-state index is 0.218. The van der Waals surface area contributed by atoms with E-state index in [0.717, 1.165) is 12.8 Å². The maximum Gasteiger partial charge on any atom is 0.342 e. The molecule has 2 rings (SSSR count). The van der Waals surface area contributed by atoms with Crippen LogP contribution in [-0.4, -0.2) is 21.2 Å². The molecule has 1 fully saturated rings. The van der Waals surface area contributed by atoms with Gasteiger partial charge in [0.25, 0.3) is 5.56 Å². The Labute approximate surface area is 98.8 Å². The molecule has 6 heteroatoms. The standard InChI is InChI=1S/C11H18N4O2/c16-10-9(14-15-11(17)13-10)12-8-6-4-2-1-3-5-7-8/h8H,1-7H2,(H,12,14)(H2,13,15,16,17). The molecule has 1 heterocycles. The second-order valence-electron chi connectivity index (χ2n) is 4.54. The molecule has 0 aromatic carbocycles. The lowest BCUT2D eigenvalue weighted by Gasteiger charge is -2.20. The summed E-state index contributed by atoms with van der Waals surface area (Å²) >= 11 is 0. The monoisotopic (exact) mass is 238 g/mol. The van der Waals surface area contributed by atoms with Gasteiger partial charge in [-0.15, -0.1) is 5.10 Å². The van der Waals surface area contributed by atoms with Gasteiger partial charge in [-0.1, -0.05) is 32.1 Å². The third-order valence-corrected chi connectivity index (χ3v) is 3.16. The van der Waals surface area contributed by atoms with Crippen molar-refractivity contribution in [3.05, 3.63) is 20.8 Å². The van der Waals surface area contributed by atoms with Crippen LogP contribution in [0.25, 0.3) is 0 Å². The molecule has 0 bridgehead atoms. The van der Waals surface area contributed by atoms with Gasteiger partial charge in [-0.3, -0.25) is 9.78 Å². The molecule has 0 spiro atoms. The number of nitrogens with one attached hydrogen (secondary N) is 3. The molecule has 0 saturated heterocycles. The second kappa shape index (κ2) is 5.65. The Balaban J connectivity index is 2.03. The van der Waals surface area contributed by atoms with Crippen molar-refractivity contribution in [2.75, 3.05) is 5.32 Å². The summed E-state index contributed by atoms with van der Waals surface area (Å²) in [5.41, 5.74) is -1.02. The van der Waals surface area contributed by atoms with Crippen LogP contribution in [-0.2, 0) is 0 Å². The van der Waals surface area contributed by atoms with Crippen LogP contribution < -0.4 is 16.6 Å². The van der Waals surface area contributed by atoms with E-state index in [1.807, 2.05) is 0 Å². The molecule has 0 amide bonds. The summed E-state index contributed by atoms with van der Waals surface area (Å²) < 4.78 is 0. The summed E-state index contributed by atoms with van der Waals surface area (Å²) in [5, 5.41) is 9.09. The van der Waals surface area contributed by atoms with Gasteiger partial charge in [-0.2, -0.15) is 0 Å². The molecule has 0 aliphatic heterocycles. The van der Waals surface area contributed by atoms with Crippen molar-refractivity contribution in [3.8, 4) is 0 Å². The Morgan fingerprint density at radius 1 is 1.06 bits per heavy atom. The first-order chi connectivity index (χ1) is 8.25. The van der Waals surface area contributed by atoms with E-state index in [1.54, 1.807) is 0 Å². The number of hydrogen-bond donors (Lipinski definition) is 3. The van der Waals surface area contributed by atoms with Gasteiger partial charge in [-0.05, 0) is 12.8 Å². The molecular weight excluding hydrogens is 220 g/mol. The van der Waals surface area contributed by atoms with Crippen molar-refractivity contribution in [1.82, 2.24) is 15.2 Å². The van der Waals surface area contributed by atoms with Crippen LogP contribution in [0.15, 0.2) is 9.59 Å². The minimum atomic E-state index is -0.571.